The summed E-state index contributed by atoms with van der Waals surface area (Å²) < 4.78 is 18.7. The van der Waals surface area contributed by atoms with Crippen molar-refractivity contribution < 1.29 is 18.7 Å². The monoisotopic (exact) mass is 523 g/mol. The van der Waals surface area contributed by atoms with Gasteiger partial charge >= 0.3 is 0 Å². The van der Waals surface area contributed by atoms with Crippen LogP contribution in [0.2, 0.25) is 0 Å². The van der Waals surface area contributed by atoms with Gasteiger partial charge in [0.15, 0.2) is 0 Å². The maximum Gasteiger partial charge on any atom is 0.242 e. The number of aromatic nitrogens is 1. The Labute approximate surface area is 226 Å². The lowest BCUT2D eigenvalue weighted by Crippen LogP contribution is -2.45. The highest BCUT2D eigenvalue weighted by Crippen LogP contribution is 2.20. The first-order valence-corrected chi connectivity index (χ1v) is 13.8. The number of unbranched alkanes of at least 4 members (excludes halogenated alkanes) is 1. The first-order valence-electron chi connectivity index (χ1n) is 13.8. The number of para-hydroxylation sites is 1. The van der Waals surface area contributed by atoms with Crippen molar-refractivity contribution in [2.45, 2.75) is 58.9 Å². The van der Waals surface area contributed by atoms with Crippen LogP contribution in [-0.4, -0.2) is 59.9 Å². The van der Waals surface area contributed by atoms with Crippen molar-refractivity contribution >= 4 is 22.7 Å². The van der Waals surface area contributed by atoms with E-state index in [4.69, 9.17) is 4.74 Å². The zero-order chi connectivity index (χ0) is 27.3. The van der Waals surface area contributed by atoms with E-state index in [9.17, 15) is 14.0 Å². The van der Waals surface area contributed by atoms with E-state index in [-0.39, 0.29) is 30.1 Å². The van der Waals surface area contributed by atoms with Gasteiger partial charge in [0.2, 0.25) is 11.8 Å². The zero-order valence-corrected chi connectivity index (χ0v) is 23.0. The molecule has 0 aliphatic rings. The second-order valence-electron chi connectivity index (χ2n) is 9.90. The van der Waals surface area contributed by atoms with Crippen molar-refractivity contribution in [3.05, 3.63) is 71.7 Å². The molecule has 3 aromatic rings. The maximum absolute atomic E-state index is 13.7. The Morgan fingerprint density at radius 1 is 1.00 bits per heavy atom. The number of hydrogen-bond acceptors (Lipinski definition) is 3. The Morgan fingerprint density at radius 2 is 1.76 bits per heavy atom. The second-order valence-corrected chi connectivity index (χ2v) is 9.90. The van der Waals surface area contributed by atoms with Crippen molar-refractivity contribution in [3.8, 4) is 0 Å². The summed E-state index contributed by atoms with van der Waals surface area (Å²) in [5.74, 6) is -0.450. The molecule has 2 amide bonds. The number of rotatable bonds is 16. The quantitative estimate of drug-likeness (QED) is 0.236. The number of fused-ring (bicyclic) bond motifs is 1. The van der Waals surface area contributed by atoms with Crippen molar-refractivity contribution in [2.24, 2.45) is 5.92 Å². The van der Waals surface area contributed by atoms with E-state index >= 15 is 0 Å². The first-order chi connectivity index (χ1) is 18.5. The highest BCUT2D eigenvalue weighted by molar-refractivity contribution is 5.86. The summed E-state index contributed by atoms with van der Waals surface area (Å²) in [4.78, 5) is 34.0. The lowest BCUT2D eigenvalue weighted by Gasteiger charge is -2.30. The minimum Gasteiger partial charge on any atom is -0.385 e. The Balaban J connectivity index is 1.78. The molecule has 0 saturated heterocycles. The van der Waals surface area contributed by atoms with E-state index in [0.29, 0.717) is 39.1 Å². The molecule has 0 radical (unpaired) electrons. The molecule has 1 atom stereocenters. The predicted octanol–water partition coefficient (Wildman–Crippen LogP) is 5.96. The highest BCUT2D eigenvalue weighted by atomic mass is 19.1. The molecule has 0 spiro atoms. The fourth-order valence-electron chi connectivity index (χ4n) is 4.84. The van der Waals surface area contributed by atoms with Crippen LogP contribution in [0.5, 0.6) is 0 Å². The standard InChI is InChI=1S/C31H42FN3O3/c1-4-6-10-25(5-2)31(37)35(18-9-20-38-3)23-30(36)34(22-24-13-15-27(32)16-14-24)19-17-26-21-33-29-12-8-7-11-28(26)29/h7-8,11-16,21,25,33H,4-6,9-10,17-20,22-23H2,1-3H3. The lowest BCUT2D eigenvalue weighted by molar-refractivity contribution is -0.143. The third kappa shape index (κ3) is 8.42. The fourth-order valence-corrected chi connectivity index (χ4v) is 4.84. The van der Waals surface area contributed by atoms with E-state index in [1.54, 1.807) is 29.0 Å². The van der Waals surface area contributed by atoms with Crippen LogP contribution in [0.1, 0.15) is 57.1 Å². The molecule has 0 saturated carbocycles. The summed E-state index contributed by atoms with van der Waals surface area (Å²) >= 11 is 0. The zero-order valence-electron chi connectivity index (χ0n) is 23.0. The van der Waals surface area contributed by atoms with Crippen molar-refractivity contribution in [1.29, 1.82) is 0 Å². The first kappa shape index (κ1) is 29.4. The molecule has 0 fully saturated rings. The largest absolute Gasteiger partial charge is 0.385 e. The Morgan fingerprint density at radius 3 is 2.47 bits per heavy atom. The van der Waals surface area contributed by atoms with Gasteiger partial charge in [-0.2, -0.15) is 0 Å². The highest BCUT2D eigenvalue weighted by Gasteiger charge is 2.26. The Kier molecular flexibility index (Phi) is 11.8. The number of carbonyl (C=O) groups is 2. The van der Waals surface area contributed by atoms with Crippen molar-refractivity contribution in [2.75, 3.05) is 33.4 Å². The van der Waals surface area contributed by atoms with Crippen LogP contribution in [-0.2, 0) is 27.3 Å². The molecule has 0 aliphatic heterocycles. The van der Waals surface area contributed by atoms with E-state index in [2.05, 4.69) is 18.0 Å². The van der Waals surface area contributed by atoms with E-state index in [0.717, 1.165) is 47.7 Å². The van der Waals surface area contributed by atoms with Crippen LogP contribution < -0.4 is 0 Å². The van der Waals surface area contributed by atoms with Crippen LogP contribution in [0.25, 0.3) is 10.9 Å². The molecule has 7 heteroatoms. The van der Waals surface area contributed by atoms with Gasteiger partial charge in [-0.15, -0.1) is 0 Å². The number of amides is 2. The Bertz CT molecular complexity index is 1140. The van der Waals surface area contributed by atoms with Crippen molar-refractivity contribution in [3.63, 3.8) is 0 Å². The van der Waals surface area contributed by atoms with Gasteiger partial charge in [-0.25, -0.2) is 4.39 Å². The average molecular weight is 524 g/mol. The normalized spacial score (nSPS) is 12.0. The number of nitrogens with zero attached hydrogens (tertiary/aromatic N) is 2. The second kappa shape index (κ2) is 15.3. The predicted molar refractivity (Wildman–Crippen MR) is 150 cm³/mol. The summed E-state index contributed by atoms with van der Waals surface area (Å²) in [6.45, 7) is 6.05. The maximum atomic E-state index is 13.7. The minimum atomic E-state index is -0.307. The van der Waals surface area contributed by atoms with Crippen LogP contribution in [0.3, 0.4) is 0 Å². The molecule has 6 nitrogen and oxygen atoms in total. The summed E-state index contributed by atoms with van der Waals surface area (Å²) in [5, 5.41) is 1.14. The number of halogens is 1. The topological polar surface area (TPSA) is 65.6 Å². The number of methoxy groups -OCH3 is 1. The average Bonchev–Trinajstić information content (AvgIpc) is 3.35. The number of nitrogens with one attached hydrogen (secondary N) is 1. The SMILES string of the molecule is CCCCC(CC)C(=O)N(CCCOC)CC(=O)N(CCc1c[nH]c2ccccc12)Cc1ccc(F)cc1. The molecule has 38 heavy (non-hydrogen) atoms. The molecule has 1 N–H and O–H groups in total. The van der Waals surface area contributed by atoms with E-state index in [1.165, 1.54) is 12.1 Å². The Hall–Kier alpha value is -3.19. The molecular formula is C31H42FN3O3. The summed E-state index contributed by atoms with van der Waals surface area (Å²) in [7, 11) is 1.64. The van der Waals surface area contributed by atoms with Crippen LogP contribution in [0.4, 0.5) is 4.39 Å². The third-order valence-electron chi connectivity index (χ3n) is 7.13. The van der Waals surface area contributed by atoms with Gasteiger partial charge in [-0.05, 0) is 55.0 Å². The van der Waals surface area contributed by atoms with Crippen molar-refractivity contribution in [1.82, 2.24) is 14.8 Å². The summed E-state index contributed by atoms with van der Waals surface area (Å²) in [6.07, 6.45) is 6.95. The molecule has 3 rings (SSSR count). The number of aromatic amines is 1. The molecular weight excluding hydrogens is 481 g/mol. The van der Waals surface area contributed by atoms with Crippen LogP contribution >= 0.6 is 0 Å². The summed E-state index contributed by atoms with van der Waals surface area (Å²) in [6, 6.07) is 14.4. The number of ether oxygens (including phenoxy) is 1. The molecule has 0 bridgehead atoms. The molecule has 206 valence electrons. The van der Waals surface area contributed by atoms with Gasteiger partial charge in [0.1, 0.15) is 5.82 Å². The minimum absolute atomic E-state index is 0.0280. The smallest absolute Gasteiger partial charge is 0.242 e. The van der Waals surface area contributed by atoms with Gasteiger partial charge in [0.05, 0.1) is 6.54 Å². The van der Waals surface area contributed by atoms with E-state index in [1.807, 2.05) is 31.3 Å². The fraction of sp³-hybridized carbons (Fsp3) is 0.484. The van der Waals surface area contributed by atoms with Gasteiger partial charge in [0, 0.05) is 56.4 Å². The number of benzene rings is 2. The summed E-state index contributed by atoms with van der Waals surface area (Å²) in [5.41, 5.74) is 3.05. The molecule has 2 aromatic carbocycles. The number of carbonyl (C=O) groups excluding carboxylic acids is 2. The van der Waals surface area contributed by atoms with Crippen LogP contribution in [0.15, 0.2) is 54.7 Å². The number of hydrogen-bond donors (Lipinski definition) is 1. The molecule has 1 heterocycles. The van der Waals surface area contributed by atoms with Crippen LogP contribution in [0, 0.1) is 11.7 Å². The van der Waals surface area contributed by atoms with Gasteiger partial charge < -0.3 is 19.5 Å². The molecule has 0 aliphatic carbocycles. The van der Waals surface area contributed by atoms with Gasteiger partial charge in [-0.3, -0.25) is 9.59 Å². The third-order valence-corrected chi connectivity index (χ3v) is 7.13. The van der Waals surface area contributed by atoms with Gasteiger partial charge in [0.25, 0.3) is 0 Å². The van der Waals surface area contributed by atoms with Gasteiger partial charge in [-0.1, -0.05) is 57.0 Å². The van der Waals surface area contributed by atoms with E-state index < -0.39 is 0 Å². The lowest BCUT2D eigenvalue weighted by atomic mass is 9.97. The number of H-pyrrole nitrogens is 1. The molecule has 1 aromatic heterocycles. The molecule has 1 unspecified atom stereocenters.